The molecule has 3 nitrogen and oxygen atoms in total. The van der Waals surface area contributed by atoms with Gasteiger partial charge >= 0.3 is 0 Å². The molecule has 0 saturated carbocycles. The maximum atomic E-state index is 11.8. The van der Waals surface area contributed by atoms with Crippen LogP contribution in [0.3, 0.4) is 0 Å². The number of hydrogen-bond donors (Lipinski definition) is 1. The molecule has 0 saturated heterocycles. The molecule has 3 heteroatoms. The highest BCUT2D eigenvalue weighted by molar-refractivity contribution is 5.94. The van der Waals surface area contributed by atoms with E-state index in [-0.39, 0.29) is 11.9 Å². The van der Waals surface area contributed by atoms with Gasteiger partial charge in [0.2, 0.25) is 0 Å². The molecule has 1 amide bonds. The first-order chi connectivity index (χ1) is 8.66. The van der Waals surface area contributed by atoms with Gasteiger partial charge in [-0.2, -0.15) is 0 Å². The monoisotopic (exact) mass is 240 g/mol. The zero-order valence-electron chi connectivity index (χ0n) is 10.6. The topological polar surface area (TPSA) is 42.0 Å². The number of hydrogen-bond acceptors (Lipinski definition) is 2. The summed E-state index contributed by atoms with van der Waals surface area (Å²) < 4.78 is 0. The van der Waals surface area contributed by atoms with Crippen molar-refractivity contribution in [3.63, 3.8) is 0 Å². The maximum absolute atomic E-state index is 11.8. The van der Waals surface area contributed by atoms with Crippen molar-refractivity contribution in [2.24, 2.45) is 0 Å². The molecule has 92 valence electrons. The minimum atomic E-state index is -0.0359. The van der Waals surface area contributed by atoms with Gasteiger partial charge in [-0.15, -0.1) is 0 Å². The molecule has 0 aliphatic carbocycles. The highest BCUT2D eigenvalue weighted by Crippen LogP contribution is 2.18. The molecule has 0 aliphatic rings. The second-order valence-electron chi connectivity index (χ2n) is 4.44. The van der Waals surface area contributed by atoms with Crippen molar-refractivity contribution in [3.05, 3.63) is 54.4 Å². The lowest BCUT2D eigenvalue weighted by molar-refractivity contribution is 0.0943. The van der Waals surface area contributed by atoms with Crippen molar-refractivity contribution in [2.75, 3.05) is 0 Å². The highest BCUT2D eigenvalue weighted by Gasteiger charge is 2.06. The average molecular weight is 240 g/mol. The molecule has 0 bridgehead atoms. The van der Waals surface area contributed by atoms with Gasteiger partial charge in [0.15, 0.2) is 0 Å². The largest absolute Gasteiger partial charge is 0.350 e. The van der Waals surface area contributed by atoms with Crippen LogP contribution in [0, 0.1) is 0 Å². The fourth-order valence-corrected chi connectivity index (χ4v) is 1.70. The molecule has 1 aromatic heterocycles. The Kier molecular flexibility index (Phi) is 3.72. The molecule has 0 atom stereocenters. The van der Waals surface area contributed by atoms with E-state index in [4.69, 9.17) is 0 Å². The van der Waals surface area contributed by atoms with E-state index >= 15 is 0 Å². The van der Waals surface area contributed by atoms with Crippen LogP contribution in [0.1, 0.15) is 24.2 Å². The van der Waals surface area contributed by atoms with Crippen molar-refractivity contribution in [3.8, 4) is 11.1 Å². The Morgan fingerprint density at radius 3 is 2.11 bits per heavy atom. The van der Waals surface area contributed by atoms with E-state index in [1.54, 1.807) is 12.4 Å². The molecular weight excluding hydrogens is 224 g/mol. The lowest BCUT2D eigenvalue weighted by Gasteiger charge is -2.08. The summed E-state index contributed by atoms with van der Waals surface area (Å²) in [5.74, 6) is -0.0359. The number of carbonyl (C=O) groups is 1. The van der Waals surface area contributed by atoms with Gasteiger partial charge in [-0.1, -0.05) is 12.1 Å². The number of amides is 1. The van der Waals surface area contributed by atoms with E-state index in [1.165, 1.54) is 0 Å². The molecule has 18 heavy (non-hydrogen) atoms. The van der Waals surface area contributed by atoms with Crippen LogP contribution in [0.4, 0.5) is 0 Å². The molecule has 1 aromatic carbocycles. The van der Waals surface area contributed by atoms with E-state index in [9.17, 15) is 4.79 Å². The van der Waals surface area contributed by atoms with Gasteiger partial charge in [-0.3, -0.25) is 9.78 Å². The van der Waals surface area contributed by atoms with Crippen LogP contribution >= 0.6 is 0 Å². The smallest absolute Gasteiger partial charge is 0.251 e. The summed E-state index contributed by atoms with van der Waals surface area (Å²) in [7, 11) is 0. The number of pyridine rings is 1. The van der Waals surface area contributed by atoms with Crippen molar-refractivity contribution < 1.29 is 4.79 Å². The second kappa shape index (κ2) is 5.45. The van der Waals surface area contributed by atoms with E-state index in [0.717, 1.165) is 11.1 Å². The van der Waals surface area contributed by atoms with Crippen LogP contribution < -0.4 is 5.32 Å². The van der Waals surface area contributed by atoms with Crippen molar-refractivity contribution in [2.45, 2.75) is 19.9 Å². The lowest BCUT2D eigenvalue weighted by atomic mass is 10.0. The maximum Gasteiger partial charge on any atom is 0.251 e. The predicted molar refractivity (Wildman–Crippen MR) is 72.3 cm³/mol. The highest BCUT2D eigenvalue weighted by atomic mass is 16.1. The van der Waals surface area contributed by atoms with Gasteiger partial charge in [0.05, 0.1) is 0 Å². The summed E-state index contributed by atoms with van der Waals surface area (Å²) in [5.41, 5.74) is 2.86. The summed E-state index contributed by atoms with van der Waals surface area (Å²) in [6.45, 7) is 3.90. The Morgan fingerprint density at radius 2 is 1.56 bits per heavy atom. The fraction of sp³-hybridized carbons (Fsp3) is 0.200. The third-order valence-corrected chi connectivity index (χ3v) is 2.58. The zero-order valence-corrected chi connectivity index (χ0v) is 10.6. The number of rotatable bonds is 3. The Bertz CT molecular complexity index is 518. The molecule has 1 heterocycles. The summed E-state index contributed by atoms with van der Waals surface area (Å²) >= 11 is 0. The van der Waals surface area contributed by atoms with Crippen LogP contribution in [0.15, 0.2) is 48.8 Å². The van der Waals surface area contributed by atoms with Gasteiger partial charge in [0.1, 0.15) is 0 Å². The minimum absolute atomic E-state index is 0.0359. The van der Waals surface area contributed by atoms with Crippen molar-refractivity contribution in [1.29, 1.82) is 0 Å². The van der Waals surface area contributed by atoms with Crippen molar-refractivity contribution in [1.82, 2.24) is 10.3 Å². The molecule has 2 aromatic rings. The Balaban J connectivity index is 2.18. The molecule has 0 spiro atoms. The molecular formula is C15H16N2O. The number of aromatic nitrogens is 1. The van der Waals surface area contributed by atoms with Crippen LogP contribution in [-0.4, -0.2) is 16.9 Å². The number of benzene rings is 1. The lowest BCUT2D eigenvalue weighted by Crippen LogP contribution is -2.29. The fourth-order valence-electron chi connectivity index (χ4n) is 1.70. The Morgan fingerprint density at radius 1 is 1.00 bits per heavy atom. The molecule has 0 fully saturated rings. The average Bonchev–Trinajstić information content (AvgIpc) is 2.39. The van der Waals surface area contributed by atoms with E-state index < -0.39 is 0 Å². The first-order valence-corrected chi connectivity index (χ1v) is 5.98. The predicted octanol–water partition coefficient (Wildman–Crippen LogP) is 2.89. The van der Waals surface area contributed by atoms with Crippen LogP contribution in [0.5, 0.6) is 0 Å². The van der Waals surface area contributed by atoms with E-state index in [2.05, 4.69) is 10.3 Å². The number of nitrogens with one attached hydrogen (secondary N) is 1. The molecule has 0 radical (unpaired) electrons. The minimum Gasteiger partial charge on any atom is -0.350 e. The van der Waals surface area contributed by atoms with Gasteiger partial charge in [0.25, 0.3) is 5.91 Å². The second-order valence-corrected chi connectivity index (χ2v) is 4.44. The van der Waals surface area contributed by atoms with Gasteiger partial charge in [0, 0.05) is 24.0 Å². The quantitative estimate of drug-likeness (QED) is 0.896. The van der Waals surface area contributed by atoms with E-state index in [0.29, 0.717) is 5.56 Å². The third-order valence-electron chi connectivity index (χ3n) is 2.58. The first-order valence-electron chi connectivity index (χ1n) is 5.98. The van der Waals surface area contributed by atoms with Gasteiger partial charge in [-0.25, -0.2) is 0 Å². The summed E-state index contributed by atoms with van der Waals surface area (Å²) in [6, 6.07) is 11.6. The third kappa shape index (κ3) is 2.94. The Hall–Kier alpha value is -2.16. The van der Waals surface area contributed by atoms with E-state index in [1.807, 2.05) is 50.2 Å². The zero-order chi connectivity index (χ0) is 13.0. The van der Waals surface area contributed by atoms with Gasteiger partial charge in [-0.05, 0) is 49.2 Å². The van der Waals surface area contributed by atoms with Gasteiger partial charge < -0.3 is 5.32 Å². The summed E-state index contributed by atoms with van der Waals surface area (Å²) in [4.78, 5) is 15.8. The Labute approximate surface area is 107 Å². The van der Waals surface area contributed by atoms with Crippen molar-refractivity contribution >= 4 is 5.91 Å². The molecule has 1 N–H and O–H groups in total. The number of carbonyl (C=O) groups excluding carboxylic acids is 1. The van der Waals surface area contributed by atoms with Crippen LogP contribution in [0.25, 0.3) is 11.1 Å². The molecule has 0 aliphatic heterocycles. The standard InChI is InChI=1S/C15H16N2O/c1-11(2)17-15(18)14-5-3-12(4-6-14)13-7-9-16-10-8-13/h3-11H,1-2H3,(H,17,18). The SMILES string of the molecule is CC(C)NC(=O)c1ccc(-c2ccncc2)cc1. The molecule has 2 rings (SSSR count). The molecule has 0 unspecified atom stereocenters. The summed E-state index contributed by atoms with van der Waals surface area (Å²) in [5, 5.41) is 2.87. The number of nitrogens with zero attached hydrogens (tertiary/aromatic N) is 1. The summed E-state index contributed by atoms with van der Waals surface area (Å²) in [6.07, 6.45) is 3.52. The van der Waals surface area contributed by atoms with Crippen LogP contribution in [0.2, 0.25) is 0 Å². The first kappa shape index (κ1) is 12.3. The van der Waals surface area contributed by atoms with Crippen LogP contribution in [-0.2, 0) is 0 Å². The normalized spacial score (nSPS) is 10.4.